The minimum Gasteiger partial charge on any atom is -0.382 e. The van der Waals surface area contributed by atoms with E-state index in [0.29, 0.717) is 30.0 Å². The van der Waals surface area contributed by atoms with Gasteiger partial charge in [0.1, 0.15) is 11.2 Å². The van der Waals surface area contributed by atoms with Crippen LogP contribution in [0.4, 0.5) is 11.6 Å². The number of pyridine rings is 1. The van der Waals surface area contributed by atoms with Crippen molar-refractivity contribution < 1.29 is 4.74 Å². The number of hydrogen-bond donors (Lipinski definition) is 2. The molecule has 1 saturated heterocycles. The van der Waals surface area contributed by atoms with Gasteiger partial charge in [-0.3, -0.25) is 14.6 Å². The van der Waals surface area contributed by atoms with Gasteiger partial charge in [-0.2, -0.15) is 10.2 Å². The standard InChI is InChI=1S/C19H27N7O2/c1-11(2)12(3)26-10-13(17-16(19(26)27)18(20)22-21-17)14-9-15(24(4)23-14)25-5-7-28-8-6-25/h9-12H,5-8H2,1-4H3,(H3,20,21,22). The van der Waals surface area contributed by atoms with Crippen molar-refractivity contribution in [2.24, 2.45) is 13.0 Å². The number of H-pyrrole nitrogens is 1. The van der Waals surface area contributed by atoms with Crippen LogP contribution in [0.2, 0.25) is 0 Å². The average molecular weight is 385 g/mol. The van der Waals surface area contributed by atoms with E-state index in [-0.39, 0.29) is 17.4 Å². The zero-order chi connectivity index (χ0) is 20.0. The van der Waals surface area contributed by atoms with Crippen LogP contribution in [-0.4, -0.2) is 50.8 Å². The topological polar surface area (TPSA) is 107 Å². The molecule has 0 spiro atoms. The number of fused-ring (bicyclic) bond motifs is 1. The van der Waals surface area contributed by atoms with Gasteiger partial charge in [-0.05, 0) is 12.8 Å². The SMILES string of the molecule is CC(C)C(C)n1cc(-c2cc(N3CCOCC3)n(C)n2)c2[nH]nc(N)c2c1=O. The van der Waals surface area contributed by atoms with Crippen LogP contribution in [0.5, 0.6) is 0 Å². The molecule has 1 atom stereocenters. The summed E-state index contributed by atoms with van der Waals surface area (Å²) >= 11 is 0. The molecule has 0 radical (unpaired) electrons. The quantitative estimate of drug-likeness (QED) is 0.709. The smallest absolute Gasteiger partial charge is 0.264 e. The highest BCUT2D eigenvalue weighted by Crippen LogP contribution is 2.31. The summed E-state index contributed by atoms with van der Waals surface area (Å²) in [5.74, 6) is 1.54. The third-order valence-electron chi connectivity index (χ3n) is 5.65. The lowest BCUT2D eigenvalue weighted by Gasteiger charge is -2.28. The van der Waals surface area contributed by atoms with E-state index in [1.807, 2.05) is 30.9 Å². The largest absolute Gasteiger partial charge is 0.382 e. The minimum atomic E-state index is -0.129. The van der Waals surface area contributed by atoms with Crippen LogP contribution in [-0.2, 0) is 11.8 Å². The molecule has 28 heavy (non-hydrogen) atoms. The monoisotopic (exact) mass is 385 g/mol. The average Bonchev–Trinajstić information content (AvgIpc) is 3.26. The van der Waals surface area contributed by atoms with E-state index in [1.54, 1.807) is 4.57 Å². The fourth-order valence-corrected chi connectivity index (χ4v) is 3.65. The molecule has 3 N–H and O–H groups in total. The van der Waals surface area contributed by atoms with Gasteiger partial charge in [0.05, 0.1) is 24.4 Å². The molecule has 4 heterocycles. The molecule has 1 aliphatic rings. The maximum atomic E-state index is 13.0. The molecule has 1 aliphatic heterocycles. The van der Waals surface area contributed by atoms with Gasteiger partial charge < -0.3 is 19.9 Å². The van der Waals surface area contributed by atoms with Crippen LogP contribution in [0.1, 0.15) is 26.8 Å². The molecule has 3 aromatic rings. The molecule has 0 saturated carbocycles. The van der Waals surface area contributed by atoms with Crippen molar-refractivity contribution in [3.8, 4) is 11.3 Å². The highest BCUT2D eigenvalue weighted by atomic mass is 16.5. The van der Waals surface area contributed by atoms with Gasteiger partial charge in [-0.15, -0.1) is 0 Å². The minimum absolute atomic E-state index is 0.0207. The number of rotatable bonds is 4. The summed E-state index contributed by atoms with van der Waals surface area (Å²) in [5, 5.41) is 12.2. The number of ether oxygens (including phenoxy) is 1. The normalized spacial score (nSPS) is 16.2. The van der Waals surface area contributed by atoms with Crippen molar-refractivity contribution in [2.75, 3.05) is 36.9 Å². The summed E-state index contributed by atoms with van der Waals surface area (Å²) in [6.07, 6.45) is 1.87. The highest BCUT2D eigenvalue weighted by Gasteiger charge is 2.23. The van der Waals surface area contributed by atoms with Crippen LogP contribution >= 0.6 is 0 Å². The van der Waals surface area contributed by atoms with Crippen LogP contribution in [0, 0.1) is 5.92 Å². The molecule has 150 valence electrons. The molecule has 1 fully saturated rings. The van der Waals surface area contributed by atoms with Crippen molar-refractivity contribution in [1.82, 2.24) is 24.5 Å². The molecule has 0 aromatic carbocycles. The Morgan fingerprint density at radius 3 is 2.64 bits per heavy atom. The number of nitrogens with zero attached hydrogens (tertiary/aromatic N) is 5. The third kappa shape index (κ3) is 2.95. The lowest BCUT2D eigenvalue weighted by Crippen LogP contribution is -2.37. The Bertz CT molecular complexity index is 1060. The first kappa shape index (κ1) is 18.5. The molecule has 3 aromatic heterocycles. The Morgan fingerprint density at radius 1 is 1.25 bits per heavy atom. The van der Waals surface area contributed by atoms with Gasteiger partial charge in [0.2, 0.25) is 0 Å². The van der Waals surface area contributed by atoms with Crippen LogP contribution in [0.15, 0.2) is 17.1 Å². The number of nitrogens with two attached hydrogens (primary N) is 1. The van der Waals surface area contributed by atoms with E-state index in [9.17, 15) is 4.79 Å². The lowest BCUT2D eigenvalue weighted by molar-refractivity contribution is 0.122. The number of aromatic amines is 1. The zero-order valence-electron chi connectivity index (χ0n) is 16.8. The Kier molecular flexibility index (Phi) is 4.62. The van der Waals surface area contributed by atoms with Gasteiger partial charge in [0.15, 0.2) is 5.82 Å². The first-order valence-corrected chi connectivity index (χ1v) is 9.64. The number of aryl methyl sites for hydroxylation is 1. The Morgan fingerprint density at radius 2 is 1.96 bits per heavy atom. The zero-order valence-corrected chi connectivity index (χ0v) is 16.8. The summed E-state index contributed by atoms with van der Waals surface area (Å²) in [4.78, 5) is 15.3. The predicted octanol–water partition coefficient (Wildman–Crippen LogP) is 1.76. The van der Waals surface area contributed by atoms with Gasteiger partial charge in [-0.25, -0.2) is 0 Å². The first-order valence-electron chi connectivity index (χ1n) is 9.64. The summed E-state index contributed by atoms with van der Waals surface area (Å²) in [5.41, 5.74) is 8.12. The number of hydrogen-bond acceptors (Lipinski definition) is 6. The first-order chi connectivity index (χ1) is 13.4. The Labute approximate surface area is 163 Å². The number of nitrogens with one attached hydrogen (secondary N) is 1. The molecular formula is C19H27N7O2. The fraction of sp³-hybridized carbons (Fsp3) is 0.526. The van der Waals surface area contributed by atoms with Crippen molar-refractivity contribution in [3.63, 3.8) is 0 Å². The van der Waals surface area contributed by atoms with Crippen LogP contribution < -0.4 is 16.2 Å². The number of nitrogen functional groups attached to an aromatic ring is 1. The van der Waals surface area contributed by atoms with E-state index >= 15 is 0 Å². The molecule has 1 unspecified atom stereocenters. The molecule has 4 rings (SSSR count). The Balaban J connectivity index is 1.89. The van der Waals surface area contributed by atoms with E-state index in [0.717, 1.165) is 30.2 Å². The summed E-state index contributed by atoms with van der Waals surface area (Å²) in [6, 6.07) is 2.07. The highest BCUT2D eigenvalue weighted by molar-refractivity contribution is 5.97. The van der Waals surface area contributed by atoms with Gasteiger partial charge >= 0.3 is 0 Å². The maximum absolute atomic E-state index is 13.0. The maximum Gasteiger partial charge on any atom is 0.264 e. The van der Waals surface area contributed by atoms with Crippen molar-refractivity contribution in [1.29, 1.82) is 0 Å². The van der Waals surface area contributed by atoms with E-state index in [4.69, 9.17) is 15.6 Å². The second-order valence-electron chi connectivity index (χ2n) is 7.71. The van der Waals surface area contributed by atoms with Crippen molar-refractivity contribution in [3.05, 3.63) is 22.6 Å². The van der Waals surface area contributed by atoms with E-state index in [1.165, 1.54) is 0 Å². The van der Waals surface area contributed by atoms with Crippen molar-refractivity contribution in [2.45, 2.75) is 26.8 Å². The predicted molar refractivity (Wildman–Crippen MR) is 110 cm³/mol. The number of morpholine rings is 1. The Hall–Kier alpha value is -2.81. The van der Waals surface area contributed by atoms with Crippen LogP contribution in [0.25, 0.3) is 22.2 Å². The van der Waals surface area contributed by atoms with E-state index in [2.05, 4.69) is 28.9 Å². The summed E-state index contributed by atoms with van der Waals surface area (Å²) in [6.45, 7) is 9.30. The number of aromatic nitrogens is 5. The van der Waals surface area contributed by atoms with Gasteiger partial charge in [0.25, 0.3) is 5.56 Å². The molecule has 9 heteroatoms. The molecular weight excluding hydrogens is 358 g/mol. The van der Waals surface area contributed by atoms with Gasteiger partial charge in [0, 0.05) is 44.0 Å². The van der Waals surface area contributed by atoms with Gasteiger partial charge in [-0.1, -0.05) is 13.8 Å². The number of anilines is 2. The van der Waals surface area contributed by atoms with Crippen LogP contribution in [0.3, 0.4) is 0 Å². The summed E-state index contributed by atoms with van der Waals surface area (Å²) < 4.78 is 9.07. The second kappa shape index (κ2) is 6.97. The molecule has 0 bridgehead atoms. The van der Waals surface area contributed by atoms with E-state index < -0.39 is 0 Å². The fourth-order valence-electron chi connectivity index (χ4n) is 3.65. The molecule has 9 nitrogen and oxygen atoms in total. The lowest BCUT2D eigenvalue weighted by atomic mass is 10.0. The molecule has 0 aliphatic carbocycles. The second-order valence-corrected chi connectivity index (χ2v) is 7.71. The van der Waals surface area contributed by atoms with Crippen molar-refractivity contribution >= 4 is 22.5 Å². The summed E-state index contributed by atoms with van der Waals surface area (Å²) in [7, 11) is 1.93. The molecule has 0 amide bonds. The third-order valence-corrected chi connectivity index (χ3v) is 5.65.